The van der Waals surface area contributed by atoms with Gasteiger partial charge in [-0.1, -0.05) is 12.1 Å². The Labute approximate surface area is 210 Å². The van der Waals surface area contributed by atoms with Gasteiger partial charge in [0.15, 0.2) is 17.0 Å². The van der Waals surface area contributed by atoms with Crippen LogP contribution in [-0.2, 0) is 11.3 Å². The average molecular weight is 492 g/mol. The monoisotopic (exact) mass is 491 g/mol. The summed E-state index contributed by atoms with van der Waals surface area (Å²) in [6, 6.07) is 8.16. The molecular formula is C25H33N9O2. The van der Waals surface area contributed by atoms with E-state index in [2.05, 4.69) is 47.9 Å². The quantitative estimate of drug-likeness (QED) is 0.461. The number of imidazole rings is 1. The minimum atomic E-state index is -0.232. The van der Waals surface area contributed by atoms with Crippen LogP contribution in [0, 0.1) is 5.92 Å². The molecule has 0 bridgehead atoms. The van der Waals surface area contributed by atoms with E-state index >= 15 is 0 Å². The highest BCUT2D eigenvalue weighted by atomic mass is 16.2. The van der Waals surface area contributed by atoms with Crippen LogP contribution in [0.2, 0.25) is 0 Å². The normalized spacial score (nSPS) is 16.6. The van der Waals surface area contributed by atoms with Crippen LogP contribution < -0.4 is 16.0 Å². The fourth-order valence-electron chi connectivity index (χ4n) is 4.59. The van der Waals surface area contributed by atoms with E-state index in [0.717, 1.165) is 51.0 Å². The van der Waals surface area contributed by atoms with Crippen LogP contribution in [0.4, 0.5) is 22.2 Å². The summed E-state index contributed by atoms with van der Waals surface area (Å²) in [6.45, 7) is 2.62. The number of hydrogen-bond donors (Lipinski definition) is 3. The van der Waals surface area contributed by atoms with Crippen LogP contribution in [0.25, 0.3) is 11.2 Å². The summed E-state index contributed by atoms with van der Waals surface area (Å²) in [6.07, 6.45) is 5.27. The summed E-state index contributed by atoms with van der Waals surface area (Å²) in [4.78, 5) is 42.5. The van der Waals surface area contributed by atoms with Crippen LogP contribution in [0.5, 0.6) is 0 Å². The summed E-state index contributed by atoms with van der Waals surface area (Å²) in [5.41, 5.74) is 3.02. The number of carbonyl (C=O) groups is 2. The van der Waals surface area contributed by atoms with Crippen molar-refractivity contribution in [2.24, 2.45) is 5.92 Å². The van der Waals surface area contributed by atoms with E-state index in [1.165, 1.54) is 16.5 Å². The molecule has 1 aliphatic carbocycles. The number of benzene rings is 1. The van der Waals surface area contributed by atoms with Gasteiger partial charge in [-0.3, -0.25) is 9.69 Å². The van der Waals surface area contributed by atoms with E-state index in [4.69, 9.17) is 0 Å². The Morgan fingerprint density at radius 3 is 2.58 bits per heavy atom. The Morgan fingerprint density at radius 1 is 1.11 bits per heavy atom. The number of amides is 2. The first-order valence-electron chi connectivity index (χ1n) is 12.4. The minimum Gasteiger partial charge on any atom is -0.371 e. The molecule has 190 valence electrons. The van der Waals surface area contributed by atoms with Crippen molar-refractivity contribution in [2.45, 2.75) is 38.3 Å². The molecule has 11 heteroatoms. The number of piperidine rings is 1. The van der Waals surface area contributed by atoms with Crippen molar-refractivity contribution < 1.29 is 9.59 Å². The fourth-order valence-corrected chi connectivity index (χ4v) is 4.59. The van der Waals surface area contributed by atoms with Crippen molar-refractivity contribution in [1.29, 1.82) is 0 Å². The summed E-state index contributed by atoms with van der Waals surface area (Å²) in [7, 11) is 5.42. The molecule has 1 aromatic carbocycles. The molecule has 2 amide bonds. The van der Waals surface area contributed by atoms with Crippen LogP contribution in [-0.4, -0.2) is 81.5 Å². The Hall–Kier alpha value is -3.73. The van der Waals surface area contributed by atoms with Gasteiger partial charge in [0, 0.05) is 45.3 Å². The molecule has 0 radical (unpaired) electrons. The third-order valence-corrected chi connectivity index (χ3v) is 6.72. The Kier molecular flexibility index (Phi) is 6.73. The highest BCUT2D eigenvalue weighted by Crippen LogP contribution is 2.25. The second-order valence-corrected chi connectivity index (χ2v) is 9.76. The minimum absolute atomic E-state index is 0.123. The lowest BCUT2D eigenvalue weighted by atomic mass is 9.95. The SMILES string of the molecule is CNc1nc(Nc2cccc(CN3CCC(C(=O)N(C)C)CC3)c2)nc2c1ncn2C(=O)NC1CC1. The Bertz CT molecular complexity index is 1260. The molecule has 36 heavy (non-hydrogen) atoms. The van der Waals surface area contributed by atoms with Gasteiger partial charge in [0.25, 0.3) is 0 Å². The molecule has 11 nitrogen and oxygen atoms in total. The highest BCUT2D eigenvalue weighted by molar-refractivity contribution is 5.92. The van der Waals surface area contributed by atoms with Crippen molar-refractivity contribution in [2.75, 3.05) is 44.9 Å². The number of fused-ring (bicyclic) bond motifs is 1. The number of likely N-dealkylation sites (tertiary alicyclic amines) is 1. The second-order valence-electron chi connectivity index (χ2n) is 9.76. The third kappa shape index (κ3) is 5.25. The van der Waals surface area contributed by atoms with Gasteiger partial charge in [0.05, 0.1) is 0 Å². The first-order valence-corrected chi connectivity index (χ1v) is 12.4. The maximum Gasteiger partial charge on any atom is 0.328 e. The maximum absolute atomic E-state index is 12.6. The zero-order chi connectivity index (χ0) is 25.2. The highest BCUT2D eigenvalue weighted by Gasteiger charge is 2.27. The van der Waals surface area contributed by atoms with E-state index in [-0.39, 0.29) is 23.9 Å². The van der Waals surface area contributed by atoms with E-state index in [0.29, 0.717) is 22.9 Å². The lowest BCUT2D eigenvalue weighted by Crippen LogP contribution is -2.39. The van der Waals surface area contributed by atoms with Crippen LogP contribution in [0.15, 0.2) is 30.6 Å². The van der Waals surface area contributed by atoms with E-state index in [1.54, 1.807) is 11.9 Å². The van der Waals surface area contributed by atoms with Gasteiger partial charge in [0.2, 0.25) is 11.9 Å². The smallest absolute Gasteiger partial charge is 0.328 e. The standard InChI is InChI=1S/C25H33N9O2/c1-26-21-20-22(34(15-27-20)25(36)29-18-7-8-18)31-24(30-21)28-19-6-4-5-16(13-19)14-33-11-9-17(10-12-33)23(35)32(2)3/h4-6,13,15,17-18H,7-12,14H2,1-3H3,(H,29,36)(H2,26,28,30,31). The first kappa shape index (κ1) is 24.0. The van der Waals surface area contributed by atoms with Gasteiger partial charge in [-0.2, -0.15) is 9.97 Å². The number of aromatic nitrogens is 4. The molecule has 0 spiro atoms. The van der Waals surface area contributed by atoms with Crippen LogP contribution >= 0.6 is 0 Å². The zero-order valence-electron chi connectivity index (χ0n) is 21.0. The van der Waals surface area contributed by atoms with E-state index in [1.807, 2.05) is 26.2 Å². The molecule has 3 aromatic rings. The summed E-state index contributed by atoms with van der Waals surface area (Å²) in [5, 5.41) is 9.31. The summed E-state index contributed by atoms with van der Waals surface area (Å²) < 4.78 is 1.43. The van der Waals surface area contributed by atoms with Crippen LogP contribution in [0.1, 0.15) is 31.2 Å². The molecule has 3 N–H and O–H groups in total. The molecule has 0 unspecified atom stereocenters. The molecule has 0 atom stereocenters. The Morgan fingerprint density at radius 2 is 1.89 bits per heavy atom. The first-order chi connectivity index (χ1) is 17.4. The summed E-state index contributed by atoms with van der Waals surface area (Å²) >= 11 is 0. The predicted octanol–water partition coefficient (Wildman–Crippen LogP) is 2.63. The molecule has 1 aliphatic heterocycles. The number of nitrogens with zero attached hydrogens (tertiary/aromatic N) is 6. The lowest BCUT2D eigenvalue weighted by Gasteiger charge is -2.32. The van der Waals surface area contributed by atoms with Crippen molar-refractivity contribution in [1.82, 2.24) is 34.6 Å². The topological polar surface area (TPSA) is 120 Å². The van der Waals surface area contributed by atoms with E-state index < -0.39 is 0 Å². The number of rotatable bonds is 7. The van der Waals surface area contributed by atoms with Crippen molar-refractivity contribution in [3.05, 3.63) is 36.2 Å². The predicted molar refractivity (Wildman–Crippen MR) is 138 cm³/mol. The molecule has 3 heterocycles. The number of nitrogens with one attached hydrogen (secondary N) is 3. The molecular weight excluding hydrogens is 458 g/mol. The van der Waals surface area contributed by atoms with E-state index in [9.17, 15) is 9.59 Å². The lowest BCUT2D eigenvalue weighted by molar-refractivity contribution is -0.134. The van der Waals surface area contributed by atoms with Crippen LogP contribution in [0.3, 0.4) is 0 Å². The molecule has 1 saturated heterocycles. The summed E-state index contributed by atoms with van der Waals surface area (Å²) in [5.74, 6) is 1.28. The molecule has 2 aliphatic rings. The van der Waals surface area contributed by atoms with Crippen molar-refractivity contribution in [3.8, 4) is 0 Å². The zero-order valence-corrected chi connectivity index (χ0v) is 21.0. The fraction of sp³-hybridized carbons (Fsp3) is 0.480. The second kappa shape index (κ2) is 10.1. The van der Waals surface area contributed by atoms with Crippen molar-refractivity contribution >= 4 is 40.6 Å². The Balaban J connectivity index is 1.29. The average Bonchev–Trinajstić information content (AvgIpc) is 3.58. The third-order valence-electron chi connectivity index (χ3n) is 6.72. The molecule has 5 rings (SSSR count). The van der Waals surface area contributed by atoms with Gasteiger partial charge in [-0.15, -0.1) is 0 Å². The van der Waals surface area contributed by atoms with Gasteiger partial charge in [-0.25, -0.2) is 14.3 Å². The maximum atomic E-state index is 12.6. The largest absolute Gasteiger partial charge is 0.371 e. The molecule has 2 fully saturated rings. The van der Waals surface area contributed by atoms with Gasteiger partial charge >= 0.3 is 6.03 Å². The molecule has 1 saturated carbocycles. The van der Waals surface area contributed by atoms with Gasteiger partial charge in [-0.05, 0) is 56.5 Å². The number of anilines is 3. The van der Waals surface area contributed by atoms with Crippen molar-refractivity contribution in [3.63, 3.8) is 0 Å². The van der Waals surface area contributed by atoms with Gasteiger partial charge < -0.3 is 20.9 Å². The number of carbonyl (C=O) groups excluding carboxylic acids is 2. The number of hydrogen-bond acceptors (Lipinski definition) is 8. The van der Waals surface area contributed by atoms with Gasteiger partial charge in [0.1, 0.15) is 6.33 Å². The molecule has 2 aromatic heterocycles.